The SMILES string of the molecule is CCCN(CC(=O)N(CCc1ccc(OC)c(OC)c1)Cc1cccs1)C(=O)C(c1ccccc1)c1ccccc1. The molecular weight excluding hydrogens is 532 g/mol. The number of hydrogen-bond donors (Lipinski definition) is 0. The van der Waals surface area contributed by atoms with E-state index in [1.54, 1.807) is 30.5 Å². The minimum absolute atomic E-state index is 0.0279. The van der Waals surface area contributed by atoms with E-state index in [0.717, 1.165) is 28.0 Å². The van der Waals surface area contributed by atoms with Crippen LogP contribution in [0.3, 0.4) is 0 Å². The van der Waals surface area contributed by atoms with Gasteiger partial charge in [-0.2, -0.15) is 0 Å². The van der Waals surface area contributed by atoms with Crippen LogP contribution in [0, 0.1) is 0 Å². The summed E-state index contributed by atoms with van der Waals surface area (Å²) in [6.07, 6.45) is 1.40. The number of ether oxygens (including phenoxy) is 2. The number of benzene rings is 3. The van der Waals surface area contributed by atoms with Gasteiger partial charge in [0.05, 0.1) is 33.2 Å². The Morgan fingerprint density at radius 2 is 1.44 bits per heavy atom. The van der Waals surface area contributed by atoms with Gasteiger partial charge in [-0.3, -0.25) is 9.59 Å². The van der Waals surface area contributed by atoms with Crippen molar-refractivity contribution in [1.82, 2.24) is 9.80 Å². The lowest BCUT2D eigenvalue weighted by Crippen LogP contribution is -2.45. The molecule has 0 spiro atoms. The molecule has 214 valence electrons. The van der Waals surface area contributed by atoms with Crippen LogP contribution in [-0.2, 0) is 22.6 Å². The molecule has 1 aromatic heterocycles. The molecule has 2 amide bonds. The summed E-state index contributed by atoms with van der Waals surface area (Å²) in [5.74, 6) is 0.722. The van der Waals surface area contributed by atoms with E-state index in [0.29, 0.717) is 37.6 Å². The normalized spacial score (nSPS) is 10.8. The van der Waals surface area contributed by atoms with E-state index in [2.05, 4.69) is 0 Å². The van der Waals surface area contributed by atoms with Crippen LogP contribution in [0.25, 0.3) is 0 Å². The Morgan fingerprint density at radius 1 is 0.780 bits per heavy atom. The highest BCUT2D eigenvalue weighted by atomic mass is 32.1. The number of carbonyl (C=O) groups excluding carboxylic acids is 2. The monoisotopic (exact) mass is 570 g/mol. The second kappa shape index (κ2) is 15.1. The second-order valence-corrected chi connectivity index (χ2v) is 10.9. The van der Waals surface area contributed by atoms with Crippen molar-refractivity contribution in [2.24, 2.45) is 0 Å². The molecule has 0 radical (unpaired) electrons. The highest BCUT2D eigenvalue weighted by Gasteiger charge is 2.29. The fourth-order valence-electron chi connectivity index (χ4n) is 4.93. The van der Waals surface area contributed by atoms with Gasteiger partial charge in [0.2, 0.25) is 11.8 Å². The van der Waals surface area contributed by atoms with Gasteiger partial charge in [0.25, 0.3) is 0 Å². The number of nitrogens with zero attached hydrogens (tertiary/aromatic N) is 2. The molecule has 0 unspecified atom stereocenters. The first-order valence-corrected chi connectivity index (χ1v) is 14.8. The summed E-state index contributed by atoms with van der Waals surface area (Å²) in [6.45, 7) is 3.58. The summed E-state index contributed by atoms with van der Waals surface area (Å²) in [5.41, 5.74) is 2.88. The van der Waals surface area contributed by atoms with Gasteiger partial charge in [-0.25, -0.2) is 0 Å². The molecule has 0 saturated carbocycles. The molecule has 0 fully saturated rings. The number of rotatable bonds is 14. The second-order valence-electron chi connectivity index (χ2n) is 9.85. The highest BCUT2D eigenvalue weighted by molar-refractivity contribution is 7.09. The van der Waals surface area contributed by atoms with Crippen LogP contribution < -0.4 is 9.47 Å². The molecule has 0 saturated heterocycles. The van der Waals surface area contributed by atoms with E-state index in [9.17, 15) is 9.59 Å². The summed E-state index contributed by atoms with van der Waals surface area (Å²) in [7, 11) is 3.23. The lowest BCUT2D eigenvalue weighted by atomic mass is 9.90. The van der Waals surface area contributed by atoms with Gasteiger partial charge in [-0.15, -0.1) is 11.3 Å². The van der Waals surface area contributed by atoms with Crippen molar-refractivity contribution in [2.45, 2.75) is 32.2 Å². The summed E-state index contributed by atoms with van der Waals surface area (Å²) in [5, 5.41) is 2.02. The minimum Gasteiger partial charge on any atom is -0.493 e. The van der Waals surface area contributed by atoms with Gasteiger partial charge in [0.1, 0.15) is 0 Å². The van der Waals surface area contributed by atoms with Crippen molar-refractivity contribution in [3.63, 3.8) is 0 Å². The van der Waals surface area contributed by atoms with Gasteiger partial charge in [0, 0.05) is 18.0 Å². The van der Waals surface area contributed by atoms with Crippen LogP contribution in [0.15, 0.2) is 96.4 Å². The van der Waals surface area contributed by atoms with Crippen LogP contribution in [0.4, 0.5) is 0 Å². The summed E-state index contributed by atoms with van der Waals surface area (Å²) < 4.78 is 10.8. The zero-order valence-electron chi connectivity index (χ0n) is 24.0. The quantitative estimate of drug-likeness (QED) is 0.176. The van der Waals surface area contributed by atoms with Crippen molar-refractivity contribution in [2.75, 3.05) is 33.9 Å². The van der Waals surface area contributed by atoms with E-state index in [1.165, 1.54) is 0 Å². The molecule has 4 rings (SSSR count). The molecule has 4 aromatic rings. The molecule has 0 atom stereocenters. The third-order valence-corrected chi connectivity index (χ3v) is 7.90. The topological polar surface area (TPSA) is 59.1 Å². The van der Waals surface area contributed by atoms with Crippen molar-refractivity contribution < 1.29 is 19.1 Å². The average molecular weight is 571 g/mol. The third kappa shape index (κ3) is 7.98. The predicted octanol–water partition coefficient (Wildman–Crippen LogP) is 6.41. The fraction of sp³-hybridized carbons (Fsp3) is 0.294. The third-order valence-electron chi connectivity index (χ3n) is 7.04. The van der Waals surface area contributed by atoms with E-state index < -0.39 is 5.92 Å². The number of thiophene rings is 1. The molecule has 6 nitrogen and oxygen atoms in total. The average Bonchev–Trinajstić information content (AvgIpc) is 3.53. The first-order chi connectivity index (χ1) is 20.0. The maximum atomic E-state index is 14.2. The van der Waals surface area contributed by atoms with Gasteiger partial charge in [-0.05, 0) is 53.1 Å². The van der Waals surface area contributed by atoms with E-state index in [4.69, 9.17) is 9.47 Å². The lowest BCUT2D eigenvalue weighted by molar-refractivity contribution is -0.141. The Kier molecular flexibility index (Phi) is 11.0. The summed E-state index contributed by atoms with van der Waals surface area (Å²) in [4.78, 5) is 32.7. The molecule has 0 aliphatic rings. The first kappa shape index (κ1) is 29.9. The Labute approximate surface area is 247 Å². The zero-order valence-corrected chi connectivity index (χ0v) is 24.8. The van der Waals surface area contributed by atoms with Crippen LogP contribution in [-0.4, -0.2) is 55.5 Å². The van der Waals surface area contributed by atoms with Crippen LogP contribution >= 0.6 is 11.3 Å². The molecule has 3 aromatic carbocycles. The van der Waals surface area contributed by atoms with Gasteiger partial charge < -0.3 is 19.3 Å². The molecule has 41 heavy (non-hydrogen) atoms. The van der Waals surface area contributed by atoms with E-state index in [-0.39, 0.29) is 18.4 Å². The lowest BCUT2D eigenvalue weighted by Gasteiger charge is -2.30. The first-order valence-electron chi connectivity index (χ1n) is 13.9. The minimum atomic E-state index is -0.478. The summed E-state index contributed by atoms with van der Waals surface area (Å²) in [6, 6.07) is 29.5. The molecule has 0 aliphatic carbocycles. The molecular formula is C34H38N2O4S. The van der Waals surface area contributed by atoms with Gasteiger partial charge in [-0.1, -0.05) is 79.7 Å². The number of carbonyl (C=O) groups is 2. The standard InChI is InChI=1S/C34H38N2O4S/c1-4-20-36(34(38)33(27-12-7-5-8-13-27)28-14-9-6-10-15-28)25-32(37)35(24-29-16-11-22-41-29)21-19-26-17-18-30(39-2)31(23-26)40-3/h5-18,22-23,33H,4,19-21,24-25H2,1-3H3. The Hall–Kier alpha value is -4.10. The number of amides is 2. The Balaban J connectivity index is 1.56. The zero-order chi connectivity index (χ0) is 29.0. The highest BCUT2D eigenvalue weighted by Crippen LogP contribution is 2.29. The van der Waals surface area contributed by atoms with Crippen molar-refractivity contribution in [3.05, 3.63) is 118 Å². The number of hydrogen-bond acceptors (Lipinski definition) is 5. The largest absolute Gasteiger partial charge is 0.493 e. The van der Waals surface area contributed by atoms with E-state index in [1.807, 2.05) is 108 Å². The van der Waals surface area contributed by atoms with Crippen molar-refractivity contribution >= 4 is 23.2 Å². The summed E-state index contributed by atoms with van der Waals surface area (Å²) >= 11 is 1.63. The maximum absolute atomic E-state index is 14.2. The van der Waals surface area contributed by atoms with Crippen LogP contribution in [0.1, 0.15) is 40.8 Å². The fourth-order valence-corrected chi connectivity index (χ4v) is 5.65. The van der Waals surface area contributed by atoms with Gasteiger partial charge in [0.15, 0.2) is 11.5 Å². The van der Waals surface area contributed by atoms with Crippen LogP contribution in [0.2, 0.25) is 0 Å². The predicted molar refractivity (Wildman–Crippen MR) is 165 cm³/mol. The smallest absolute Gasteiger partial charge is 0.242 e. The van der Waals surface area contributed by atoms with Crippen LogP contribution in [0.5, 0.6) is 11.5 Å². The molecule has 7 heteroatoms. The molecule has 0 bridgehead atoms. The number of methoxy groups -OCH3 is 2. The van der Waals surface area contributed by atoms with Gasteiger partial charge >= 0.3 is 0 Å². The Morgan fingerprint density at radius 3 is 2.00 bits per heavy atom. The Bertz CT molecular complexity index is 1340. The molecule has 0 N–H and O–H groups in total. The van der Waals surface area contributed by atoms with Crippen molar-refractivity contribution in [1.29, 1.82) is 0 Å². The molecule has 1 heterocycles. The van der Waals surface area contributed by atoms with E-state index >= 15 is 0 Å². The van der Waals surface area contributed by atoms with Crippen molar-refractivity contribution in [3.8, 4) is 11.5 Å². The maximum Gasteiger partial charge on any atom is 0.242 e. The molecule has 0 aliphatic heterocycles.